The van der Waals surface area contributed by atoms with Gasteiger partial charge in [-0.25, -0.2) is 9.78 Å². The number of nitrogens with one attached hydrogen (secondary N) is 1. The van der Waals surface area contributed by atoms with Crippen LogP contribution in [0.1, 0.15) is 31.9 Å². The van der Waals surface area contributed by atoms with E-state index in [-0.39, 0.29) is 37.7 Å². The molecule has 1 unspecified atom stereocenters. The van der Waals surface area contributed by atoms with E-state index in [4.69, 9.17) is 4.74 Å². The molecule has 0 bridgehead atoms. The van der Waals surface area contributed by atoms with Crippen molar-refractivity contribution in [3.05, 3.63) is 18.2 Å². The molecule has 0 aromatic carbocycles. The molecule has 0 spiro atoms. The molecule has 1 N–H and O–H groups in total. The van der Waals surface area contributed by atoms with Gasteiger partial charge in [-0.2, -0.15) is 0 Å². The Morgan fingerprint density at radius 1 is 1.45 bits per heavy atom. The number of carbonyl (C=O) groups excluding carboxylic acids is 3. The summed E-state index contributed by atoms with van der Waals surface area (Å²) in [6.07, 6.45) is 4.34. The van der Waals surface area contributed by atoms with Gasteiger partial charge in [-0.3, -0.25) is 14.5 Å². The van der Waals surface area contributed by atoms with E-state index in [0.717, 1.165) is 4.90 Å². The first kappa shape index (κ1) is 14.2. The van der Waals surface area contributed by atoms with E-state index in [0.29, 0.717) is 12.1 Å². The third-order valence-corrected chi connectivity index (χ3v) is 3.16. The molecule has 2 amide bonds. The number of aromatic amines is 1. The molecule has 0 saturated carbocycles. The first-order valence-electron chi connectivity index (χ1n) is 6.62. The fraction of sp³-hybridized carbons (Fsp3) is 0.538. The summed E-state index contributed by atoms with van der Waals surface area (Å²) < 4.78 is 4.98. The summed E-state index contributed by atoms with van der Waals surface area (Å²) in [6.45, 7) is 1.89. The molecule has 1 aliphatic rings. The standard InChI is InChI=1S/C13H17N3O4/c1-2-20-13(19)10(6-9-7-14-8-15-9)16-11(17)4-3-5-12(16)18/h7-8,10H,2-6H2,1H3,(H,14,15). The van der Waals surface area contributed by atoms with Gasteiger partial charge in [0, 0.05) is 31.2 Å². The van der Waals surface area contributed by atoms with Gasteiger partial charge in [-0.1, -0.05) is 0 Å². The summed E-state index contributed by atoms with van der Waals surface area (Å²) in [5.41, 5.74) is 0.675. The number of rotatable bonds is 5. The van der Waals surface area contributed by atoms with Crippen LogP contribution in [0.25, 0.3) is 0 Å². The van der Waals surface area contributed by atoms with Gasteiger partial charge in [0.2, 0.25) is 11.8 Å². The first-order chi connectivity index (χ1) is 9.63. The summed E-state index contributed by atoms with van der Waals surface area (Å²) in [5.74, 6) is -1.21. The smallest absolute Gasteiger partial charge is 0.329 e. The van der Waals surface area contributed by atoms with Gasteiger partial charge in [0.25, 0.3) is 0 Å². The number of imidazole rings is 1. The van der Waals surface area contributed by atoms with E-state index in [1.807, 2.05) is 0 Å². The largest absolute Gasteiger partial charge is 0.464 e. The second-order valence-corrected chi connectivity index (χ2v) is 4.56. The molecule has 7 nitrogen and oxygen atoms in total. The van der Waals surface area contributed by atoms with Crippen molar-refractivity contribution in [3.8, 4) is 0 Å². The predicted octanol–water partition coefficient (Wildman–Crippen LogP) is 0.423. The topological polar surface area (TPSA) is 92.4 Å². The minimum atomic E-state index is -0.921. The third kappa shape index (κ3) is 3.04. The molecule has 108 valence electrons. The maximum Gasteiger partial charge on any atom is 0.329 e. The van der Waals surface area contributed by atoms with Crippen LogP contribution in [-0.4, -0.2) is 45.3 Å². The number of nitrogens with zero attached hydrogens (tertiary/aromatic N) is 2. The van der Waals surface area contributed by atoms with Gasteiger partial charge in [0.15, 0.2) is 0 Å². The number of likely N-dealkylation sites (tertiary alicyclic amines) is 1. The van der Waals surface area contributed by atoms with E-state index in [1.165, 1.54) is 6.33 Å². The minimum Gasteiger partial charge on any atom is -0.464 e. The van der Waals surface area contributed by atoms with Crippen LogP contribution in [0, 0.1) is 0 Å². The quantitative estimate of drug-likeness (QED) is 0.623. The molecule has 7 heteroatoms. The van der Waals surface area contributed by atoms with E-state index >= 15 is 0 Å². The summed E-state index contributed by atoms with van der Waals surface area (Å²) in [4.78, 5) is 43.7. The predicted molar refractivity (Wildman–Crippen MR) is 68.4 cm³/mol. The number of piperidine rings is 1. The summed E-state index contributed by atoms with van der Waals surface area (Å²) >= 11 is 0. The number of carbonyl (C=O) groups is 3. The van der Waals surface area contributed by atoms with Crippen molar-refractivity contribution < 1.29 is 19.1 Å². The Kier molecular flexibility index (Phi) is 4.49. The Labute approximate surface area is 116 Å². The minimum absolute atomic E-state index is 0.191. The van der Waals surface area contributed by atoms with Crippen LogP contribution in [0.4, 0.5) is 0 Å². The molecular weight excluding hydrogens is 262 g/mol. The highest BCUT2D eigenvalue weighted by molar-refractivity contribution is 6.01. The maximum atomic E-state index is 12.1. The molecule has 0 aliphatic carbocycles. The molecule has 0 radical (unpaired) electrons. The van der Waals surface area contributed by atoms with Crippen molar-refractivity contribution in [1.29, 1.82) is 0 Å². The monoisotopic (exact) mass is 279 g/mol. The fourth-order valence-corrected chi connectivity index (χ4v) is 2.24. The van der Waals surface area contributed by atoms with Crippen LogP contribution in [0.3, 0.4) is 0 Å². The Hall–Kier alpha value is -2.18. The average Bonchev–Trinajstić information content (AvgIpc) is 2.90. The zero-order valence-electron chi connectivity index (χ0n) is 11.3. The highest BCUT2D eigenvalue weighted by Gasteiger charge is 2.37. The second kappa shape index (κ2) is 6.31. The molecule has 1 aromatic heterocycles. The van der Waals surface area contributed by atoms with E-state index in [2.05, 4.69) is 9.97 Å². The number of H-pyrrole nitrogens is 1. The van der Waals surface area contributed by atoms with Crippen LogP contribution in [0.2, 0.25) is 0 Å². The Morgan fingerprint density at radius 2 is 2.15 bits per heavy atom. The average molecular weight is 279 g/mol. The lowest BCUT2D eigenvalue weighted by molar-refractivity contribution is -0.163. The van der Waals surface area contributed by atoms with Crippen molar-refractivity contribution in [3.63, 3.8) is 0 Å². The van der Waals surface area contributed by atoms with Crippen molar-refractivity contribution in [2.24, 2.45) is 0 Å². The highest BCUT2D eigenvalue weighted by Crippen LogP contribution is 2.18. The molecule has 1 aromatic rings. The van der Waals surface area contributed by atoms with Crippen LogP contribution < -0.4 is 0 Å². The van der Waals surface area contributed by atoms with E-state index < -0.39 is 12.0 Å². The van der Waals surface area contributed by atoms with Gasteiger partial charge in [-0.15, -0.1) is 0 Å². The Morgan fingerprint density at radius 3 is 2.70 bits per heavy atom. The summed E-state index contributed by atoms with van der Waals surface area (Å²) in [6, 6.07) is -0.921. The lowest BCUT2D eigenvalue weighted by Gasteiger charge is -2.31. The number of imide groups is 1. The van der Waals surface area contributed by atoms with E-state index in [9.17, 15) is 14.4 Å². The molecular formula is C13H17N3O4. The van der Waals surface area contributed by atoms with Gasteiger partial charge in [-0.05, 0) is 13.3 Å². The number of hydrogen-bond donors (Lipinski definition) is 1. The van der Waals surface area contributed by atoms with Gasteiger partial charge < -0.3 is 9.72 Å². The molecule has 2 heterocycles. The van der Waals surface area contributed by atoms with Crippen molar-refractivity contribution in [1.82, 2.24) is 14.9 Å². The number of amides is 2. The zero-order chi connectivity index (χ0) is 14.5. The number of hydrogen-bond acceptors (Lipinski definition) is 5. The molecule has 1 aliphatic heterocycles. The lowest BCUT2D eigenvalue weighted by atomic mass is 10.0. The molecule has 1 atom stereocenters. The number of aromatic nitrogens is 2. The van der Waals surface area contributed by atoms with Gasteiger partial charge >= 0.3 is 5.97 Å². The number of ether oxygens (including phenoxy) is 1. The fourth-order valence-electron chi connectivity index (χ4n) is 2.24. The zero-order valence-corrected chi connectivity index (χ0v) is 11.3. The normalized spacial score (nSPS) is 17.1. The molecule has 2 rings (SSSR count). The third-order valence-electron chi connectivity index (χ3n) is 3.16. The second-order valence-electron chi connectivity index (χ2n) is 4.56. The molecule has 20 heavy (non-hydrogen) atoms. The van der Waals surface area contributed by atoms with Crippen LogP contribution in [0.15, 0.2) is 12.5 Å². The van der Waals surface area contributed by atoms with Crippen molar-refractivity contribution in [2.75, 3.05) is 6.61 Å². The first-order valence-corrected chi connectivity index (χ1v) is 6.62. The van der Waals surface area contributed by atoms with Crippen LogP contribution >= 0.6 is 0 Å². The Balaban J connectivity index is 2.22. The lowest BCUT2D eigenvalue weighted by Crippen LogP contribution is -2.52. The summed E-state index contributed by atoms with van der Waals surface area (Å²) in [7, 11) is 0. The Bertz CT molecular complexity index is 482. The highest BCUT2D eigenvalue weighted by atomic mass is 16.5. The van der Waals surface area contributed by atoms with Gasteiger partial charge in [0.05, 0.1) is 12.9 Å². The van der Waals surface area contributed by atoms with Crippen LogP contribution in [-0.2, 0) is 25.5 Å². The molecule has 1 fully saturated rings. The SMILES string of the molecule is CCOC(=O)C(Cc1cnc[nH]1)N1C(=O)CCCC1=O. The molecule has 1 saturated heterocycles. The van der Waals surface area contributed by atoms with Crippen molar-refractivity contribution >= 4 is 17.8 Å². The van der Waals surface area contributed by atoms with E-state index in [1.54, 1.807) is 13.1 Å². The van der Waals surface area contributed by atoms with Gasteiger partial charge in [0.1, 0.15) is 6.04 Å². The summed E-state index contributed by atoms with van der Waals surface area (Å²) in [5, 5.41) is 0. The van der Waals surface area contributed by atoms with Crippen LogP contribution in [0.5, 0.6) is 0 Å². The number of esters is 1. The maximum absolute atomic E-state index is 12.1. The van der Waals surface area contributed by atoms with Crippen molar-refractivity contribution in [2.45, 2.75) is 38.6 Å².